The van der Waals surface area contributed by atoms with Crippen LogP contribution < -0.4 is 15.0 Å². The highest BCUT2D eigenvalue weighted by atomic mass is 16.6. The van der Waals surface area contributed by atoms with Gasteiger partial charge in [0.25, 0.3) is 11.6 Å². The van der Waals surface area contributed by atoms with Crippen LogP contribution in [0.3, 0.4) is 0 Å². The van der Waals surface area contributed by atoms with Gasteiger partial charge >= 0.3 is 0 Å². The Bertz CT molecular complexity index is 729. The molecule has 1 aliphatic heterocycles. The lowest BCUT2D eigenvalue weighted by molar-refractivity contribution is 0.143. The van der Waals surface area contributed by atoms with E-state index in [-0.39, 0.29) is 17.1 Å². The summed E-state index contributed by atoms with van der Waals surface area (Å²) in [4.78, 5) is 15.0. The molecule has 0 amide bonds. The van der Waals surface area contributed by atoms with Gasteiger partial charge in [-0.2, -0.15) is 4.98 Å². The van der Waals surface area contributed by atoms with Gasteiger partial charge in [-0.15, -0.1) is 0 Å². The fourth-order valence-corrected chi connectivity index (χ4v) is 2.64. The Labute approximate surface area is 135 Å². The topological polar surface area (TPSA) is 53.4 Å². The first-order valence-corrected chi connectivity index (χ1v) is 7.85. The molecule has 5 heteroatoms. The van der Waals surface area contributed by atoms with E-state index < -0.39 is 0 Å². The Kier molecular flexibility index (Phi) is 4.11. The van der Waals surface area contributed by atoms with Gasteiger partial charge in [0, 0.05) is 12.3 Å². The van der Waals surface area contributed by atoms with E-state index in [9.17, 15) is 4.79 Å². The summed E-state index contributed by atoms with van der Waals surface area (Å²) >= 11 is 0. The van der Waals surface area contributed by atoms with E-state index in [0.717, 1.165) is 12.2 Å². The molecule has 3 rings (SSSR count). The lowest BCUT2D eigenvalue weighted by atomic mass is 9.88. The average molecular weight is 314 g/mol. The van der Waals surface area contributed by atoms with E-state index in [2.05, 4.69) is 37.9 Å². The summed E-state index contributed by atoms with van der Waals surface area (Å²) < 4.78 is 13.2. The minimum atomic E-state index is -0.285. The first kappa shape index (κ1) is 15.6. The first-order valence-electron chi connectivity index (χ1n) is 7.85. The number of hydrogen-bond acceptors (Lipinski definition) is 4. The maximum absolute atomic E-state index is 11.2. The molecular weight excluding hydrogens is 292 g/mol. The summed E-state index contributed by atoms with van der Waals surface area (Å²) in [6, 6.07) is 9.99. The van der Waals surface area contributed by atoms with Crippen LogP contribution in [0.25, 0.3) is 0 Å². The van der Waals surface area contributed by atoms with Crippen LogP contribution in [0.15, 0.2) is 41.3 Å². The predicted octanol–water partition coefficient (Wildman–Crippen LogP) is 2.67. The van der Waals surface area contributed by atoms with Crippen LogP contribution in [0, 0.1) is 5.41 Å². The fraction of sp³-hybridized carbons (Fsp3) is 0.444. The Morgan fingerprint density at radius 1 is 1.26 bits per heavy atom. The van der Waals surface area contributed by atoms with Crippen molar-refractivity contribution in [2.75, 3.05) is 6.61 Å². The second-order valence-corrected chi connectivity index (χ2v) is 7.13. The van der Waals surface area contributed by atoms with E-state index in [1.807, 2.05) is 16.7 Å². The van der Waals surface area contributed by atoms with Crippen molar-refractivity contribution in [1.29, 1.82) is 0 Å². The zero-order valence-corrected chi connectivity index (χ0v) is 13.8. The molecule has 0 aliphatic carbocycles. The summed E-state index contributed by atoms with van der Waals surface area (Å²) in [6.45, 7) is 7.75. The molecule has 1 aromatic heterocycles. The number of fused-ring (bicyclic) bond motifs is 1. The SMILES string of the molecule is CC(C)(C)Cc1ccc(OC[C@@H]2Cn3ccc(=O)nc3O2)cc1. The zero-order chi connectivity index (χ0) is 16.4. The summed E-state index contributed by atoms with van der Waals surface area (Å²) in [7, 11) is 0. The number of ether oxygens (including phenoxy) is 2. The van der Waals surface area contributed by atoms with Crippen LogP contribution in [-0.4, -0.2) is 22.3 Å². The number of rotatable bonds is 4. The lowest BCUT2D eigenvalue weighted by Crippen LogP contribution is -2.23. The first-order chi connectivity index (χ1) is 10.9. The highest BCUT2D eigenvalue weighted by Gasteiger charge is 2.23. The van der Waals surface area contributed by atoms with E-state index in [0.29, 0.717) is 19.2 Å². The van der Waals surface area contributed by atoms with Crippen molar-refractivity contribution >= 4 is 0 Å². The zero-order valence-electron chi connectivity index (χ0n) is 13.8. The molecule has 1 aliphatic rings. The molecule has 5 nitrogen and oxygen atoms in total. The van der Waals surface area contributed by atoms with Gasteiger partial charge in [-0.05, 0) is 29.5 Å². The molecule has 0 fully saturated rings. The largest absolute Gasteiger partial charge is 0.490 e. The van der Waals surface area contributed by atoms with Gasteiger partial charge < -0.3 is 9.47 Å². The summed E-state index contributed by atoms with van der Waals surface area (Å²) in [6.07, 6.45) is 2.61. The van der Waals surface area contributed by atoms with Crippen LogP contribution in [0.4, 0.5) is 0 Å². The molecule has 1 atom stereocenters. The van der Waals surface area contributed by atoms with Gasteiger partial charge in [0.15, 0.2) is 6.10 Å². The normalized spacial score (nSPS) is 16.7. The molecule has 0 bridgehead atoms. The van der Waals surface area contributed by atoms with E-state index in [4.69, 9.17) is 9.47 Å². The maximum Gasteiger partial charge on any atom is 0.300 e. The van der Waals surface area contributed by atoms with Gasteiger partial charge in [-0.1, -0.05) is 32.9 Å². The van der Waals surface area contributed by atoms with Gasteiger partial charge in [-0.3, -0.25) is 9.36 Å². The quantitative estimate of drug-likeness (QED) is 0.870. The van der Waals surface area contributed by atoms with E-state index in [1.54, 1.807) is 6.20 Å². The Balaban J connectivity index is 1.54. The van der Waals surface area contributed by atoms with Crippen molar-refractivity contribution in [3.63, 3.8) is 0 Å². The Morgan fingerprint density at radius 3 is 2.70 bits per heavy atom. The van der Waals surface area contributed by atoms with Crippen LogP contribution in [0.1, 0.15) is 26.3 Å². The van der Waals surface area contributed by atoms with Crippen molar-refractivity contribution in [2.24, 2.45) is 5.41 Å². The molecule has 0 radical (unpaired) electrons. The number of aromatic nitrogens is 2. The summed E-state index contributed by atoms with van der Waals surface area (Å²) in [5, 5.41) is 0. The minimum Gasteiger partial charge on any atom is -0.490 e. The summed E-state index contributed by atoms with van der Waals surface area (Å²) in [5.74, 6) is 0.824. The minimum absolute atomic E-state index is 0.126. The van der Waals surface area contributed by atoms with Gasteiger partial charge in [0.05, 0.1) is 6.54 Å². The maximum atomic E-state index is 11.2. The Morgan fingerprint density at radius 2 is 2.00 bits per heavy atom. The lowest BCUT2D eigenvalue weighted by Gasteiger charge is -2.18. The molecule has 0 N–H and O–H groups in total. The summed E-state index contributed by atoms with van der Waals surface area (Å²) in [5.41, 5.74) is 1.29. The number of benzene rings is 1. The van der Waals surface area contributed by atoms with Crippen LogP contribution in [0.2, 0.25) is 0 Å². The average Bonchev–Trinajstić information content (AvgIpc) is 2.87. The van der Waals surface area contributed by atoms with Crippen molar-refractivity contribution < 1.29 is 9.47 Å². The smallest absolute Gasteiger partial charge is 0.300 e. The second-order valence-electron chi connectivity index (χ2n) is 7.13. The number of nitrogens with zero attached hydrogens (tertiary/aromatic N) is 2. The van der Waals surface area contributed by atoms with Gasteiger partial charge in [0.1, 0.15) is 12.4 Å². The monoisotopic (exact) mass is 314 g/mol. The molecular formula is C18H22N2O3. The molecule has 122 valence electrons. The molecule has 0 saturated heterocycles. The van der Waals surface area contributed by atoms with Gasteiger partial charge in [-0.25, -0.2) is 0 Å². The van der Waals surface area contributed by atoms with Crippen LogP contribution >= 0.6 is 0 Å². The van der Waals surface area contributed by atoms with E-state index in [1.165, 1.54) is 11.6 Å². The molecule has 0 spiro atoms. The highest BCUT2D eigenvalue weighted by Crippen LogP contribution is 2.23. The van der Waals surface area contributed by atoms with E-state index >= 15 is 0 Å². The molecule has 0 unspecified atom stereocenters. The van der Waals surface area contributed by atoms with Crippen molar-refractivity contribution in [2.45, 2.75) is 39.8 Å². The third-order valence-corrected chi connectivity index (χ3v) is 3.61. The standard InChI is InChI=1S/C18H22N2O3/c1-18(2,3)10-13-4-6-14(7-5-13)22-12-15-11-20-9-8-16(21)19-17(20)23-15/h4-9,15H,10-12H2,1-3H3/t15-/m0/s1. The van der Waals surface area contributed by atoms with Crippen LogP contribution in [0.5, 0.6) is 11.8 Å². The van der Waals surface area contributed by atoms with Crippen molar-refractivity contribution in [3.8, 4) is 11.8 Å². The third-order valence-electron chi connectivity index (χ3n) is 3.61. The van der Waals surface area contributed by atoms with Crippen molar-refractivity contribution in [3.05, 3.63) is 52.4 Å². The third kappa shape index (κ3) is 4.12. The molecule has 23 heavy (non-hydrogen) atoms. The molecule has 2 heterocycles. The molecule has 2 aromatic rings. The van der Waals surface area contributed by atoms with Crippen LogP contribution in [-0.2, 0) is 13.0 Å². The Hall–Kier alpha value is -2.30. The van der Waals surface area contributed by atoms with Crippen molar-refractivity contribution in [1.82, 2.24) is 9.55 Å². The van der Waals surface area contributed by atoms with Gasteiger partial charge in [0.2, 0.25) is 0 Å². The predicted molar refractivity (Wildman–Crippen MR) is 88.0 cm³/mol. The highest BCUT2D eigenvalue weighted by molar-refractivity contribution is 5.28. The molecule has 0 saturated carbocycles. The molecule has 1 aromatic carbocycles. The second kappa shape index (κ2) is 6.07. The fourth-order valence-electron chi connectivity index (χ4n) is 2.64. The number of hydrogen-bond donors (Lipinski definition) is 0.